The van der Waals surface area contributed by atoms with Gasteiger partial charge in [-0.15, -0.1) is 12.4 Å². The first-order valence-corrected chi connectivity index (χ1v) is 7.90. The number of aromatic hydroxyl groups is 1. The van der Waals surface area contributed by atoms with Gasteiger partial charge in [-0.25, -0.2) is 5.01 Å². The predicted octanol–water partition coefficient (Wildman–Crippen LogP) is 1.29. The molecule has 0 aliphatic carbocycles. The number of nitrogens with two attached hydrogens (primary N) is 1. The van der Waals surface area contributed by atoms with E-state index in [1.165, 1.54) is 5.01 Å². The second-order valence-electron chi connectivity index (χ2n) is 5.85. The summed E-state index contributed by atoms with van der Waals surface area (Å²) in [5.41, 5.74) is 7.45. The molecule has 0 fully saturated rings. The Balaban J connectivity index is 0.00000210. The van der Waals surface area contributed by atoms with Gasteiger partial charge in [0.25, 0.3) is 5.56 Å². The van der Waals surface area contributed by atoms with Crippen molar-refractivity contribution in [3.05, 3.63) is 86.7 Å². The number of nitrogens with zero attached hydrogens (tertiary/aromatic N) is 2. The average molecular weight is 382 g/mol. The number of amidine groups is 1. The summed E-state index contributed by atoms with van der Waals surface area (Å²) in [5.74, 6) is -0.376. The molecule has 2 heterocycles. The molecule has 0 radical (unpaired) electrons. The van der Waals surface area contributed by atoms with Crippen LogP contribution < -0.4 is 26.9 Å². The normalized spacial score (nSPS) is 13.1. The summed E-state index contributed by atoms with van der Waals surface area (Å²) in [6.45, 7) is 0. The van der Waals surface area contributed by atoms with Crippen molar-refractivity contribution in [1.29, 1.82) is 5.41 Å². The molecule has 0 atom stereocenters. The SMILES string of the molecule is Cl.N=C1c2c(O)[nH]c(=O)/c(=C/c3ccc(N)cc3)c2=NN1c1ccccc1. The highest BCUT2D eigenvalue weighted by molar-refractivity contribution is 6.10. The Labute approximate surface area is 160 Å². The Bertz CT molecular complexity index is 1190. The minimum Gasteiger partial charge on any atom is -0.494 e. The fraction of sp³-hybridized carbons (Fsp3) is 0. The summed E-state index contributed by atoms with van der Waals surface area (Å²) in [6.07, 6.45) is 1.65. The van der Waals surface area contributed by atoms with Gasteiger partial charge in [-0.2, -0.15) is 5.10 Å². The highest BCUT2D eigenvalue weighted by Crippen LogP contribution is 2.21. The number of nitrogens with one attached hydrogen (secondary N) is 2. The number of aromatic amines is 1. The van der Waals surface area contributed by atoms with Crippen molar-refractivity contribution >= 4 is 35.7 Å². The van der Waals surface area contributed by atoms with Crippen LogP contribution in [-0.2, 0) is 0 Å². The number of nitrogen functional groups attached to an aromatic ring is 1. The molecule has 4 rings (SSSR count). The van der Waals surface area contributed by atoms with Crippen LogP contribution in [0.5, 0.6) is 5.88 Å². The summed E-state index contributed by atoms with van der Waals surface area (Å²) >= 11 is 0. The molecular formula is C19H16ClN5O2. The molecule has 0 saturated heterocycles. The lowest BCUT2D eigenvalue weighted by Gasteiger charge is -2.13. The predicted molar refractivity (Wildman–Crippen MR) is 107 cm³/mol. The summed E-state index contributed by atoms with van der Waals surface area (Å²) in [5, 5.41) is 24.8. The van der Waals surface area contributed by atoms with Crippen LogP contribution in [0.2, 0.25) is 0 Å². The van der Waals surface area contributed by atoms with Crippen LogP contribution >= 0.6 is 12.4 Å². The number of fused-ring (bicyclic) bond motifs is 1. The maximum Gasteiger partial charge on any atom is 0.260 e. The van der Waals surface area contributed by atoms with Crippen LogP contribution in [0.15, 0.2) is 64.5 Å². The molecule has 1 aromatic heterocycles. The first-order valence-electron chi connectivity index (χ1n) is 7.90. The van der Waals surface area contributed by atoms with Crippen LogP contribution in [0, 0.1) is 5.41 Å². The lowest BCUT2D eigenvalue weighted by Crippen LogP contribution is -2.42. The van der Waals surface area contributed by atoms with Gasteiger partial charge in [-0.1, -0.05) is 30.3 Å². The van der Waals surface area contributed by atoms with Crippen molar-refractivity contribution in [2.75, 3.05) is 10.7 Å². The van der Waals surface area contributed by atoms with E-state index in [1.807, 2.05) is 18.2 Å². The second-order valence-corrected chi connectivity index (χ2v) is 5.85. The molecule has 0 bridgehead atoms. The standard InChI is InChI=1S/C19H15N5O2.ClH/c20-12-8-6-11(7-9-12)10-14-16-15(19(26)22-18(14)25)17(21)24(23-16)13-4-2-1-3-5-13;/h1-10,21,26H,20H2,(H,22,25);1H/b14-10+,21-17?;. The van der Waals surface area contributed by atoms with Crippen molar-refractivity contribution < 1.29 is 5.11 Å². The number of para-hydroxylation sites is 1. The van der Waals surface area contributed by atoms with E-state index in [9.17, 15) is 9.90 Å². The number of hydrogen-bond donors (Lipinski definition) is 4. The Morgan fingerprint density at radius 2 is 1.78 bits per heavy atom. The van der Waals surface area contributed by atoms with E-state index >= 15 is 0 Å². The van der Waals surface area contributed by atoms with Gasteiger partial charge in [0, 0.05) is 5.69 Å². The van der Waals surface area contributed by atoms with Gasteiger partial charge in [-0.3, -0.25) is 15.2 Å². The Morgan fingerprint density at radius 1 is 1.11 bits per heavy atom. The average Bonchev–Trinajstić information content (AvgIpc) is 2.99. The van der Waals surface area contributed by atoms with Crippen LogP contribution in [-0.4, -0.2) is 15.9 Å². The van der Waals surface area contributed by atoms with E-state index in [0.29, 0.717) is 11.4 Å². The number of pyridine rings is 1. The van der Waals surface area contributed by atoms with Gasteiger partial charge in [0.2, 0.25) is 5.88 Å². The zero-order chi connectivity index (χ0) is 18.3. The molecule has 136 valence electrons. The number of rotatable bonds is 2. The van der Waals surface area contributed by atoms with Crippen molar-refractivity contribution in [3.8, 4) is 5.88 Å². The highest BCUT2D eigenvalue weighted by atomic mass is 35.5. The molecule has 27 heavy (non-hydrogen) atoms. The molecule has 5 N–H and O–H groups in total. The van der Waals surface area contributed by atoms with E-state index in [4.69, 9.17) is 11.1 Å². The fourth-order valence-corrected chi connectivity index (χ4v) is 2.82. The van der Waals surface area contributed by atoms with Crippen LogP contribution in [0.25, 0.3) is 6.08 Å². The summed E-state index contributed by atoms with van der Waals surface area (Å²) in [6, 6.07) is 16.1. The smallest absolute Gasteiger partial charge is 0.260 e. The fourth-order valence-electron chi connectivity index (χ4n) is 2.82. The molecule has 8 heteroatoms. The molecule has 0 amide bonds. The molecule has 2 aromatic carbocycles. The van der Waals surface area contributed by atoms with E-state index in [2.05, 4.69) is 10.1 Å². The maximum atomic E-state index is 12.4. The van der Waals surface area contributed by atoms with E-state index in [1.54, 1.807) is 42.5 Å². The zero-order valence-electron chi connectivity index (χ0n) is 14.0. The van der Waals surface area contributed by atoms with Gasteiger partial charge in [0.05, 0.1) is 10.9 Å². The Hall–Kier alpha value is -3.58. The number of aromatic nitrogens is 1. The Morgan fingerprint density at radius 3 is 2.44 bits per heavy atom. The van der Waals surface area contributed by atoms with E-state index < -0.39 is 5.56 Å². The minimum atomic E-state index is -0.482. The lowest BCUT2D eigenvalue weighted by molar-refractivity contribution is 0.449. The molecule has 0 spiro atoms. The van der Waals surface area contributed by atoms with Crippen LogP contribution in [0.4, 0.5) is 11.4 Å². The highest BCUT2D eigenvalue weighted by Gasteiger charge is 2.26. The van der Waals surface area contributed by atoms with Gasteiger partial charge in [-0.05, 0) is 35.9 Å². The molecule has 1 aliphatic heterocycles. The molecular weight excluding hydrogens is 366 g/mol. The second kappa shape index (κ2) is 6.97. The first kappa shape index (κ1) is 18.2. The third kappa shape index (κ3) is 3.16. The van der Waals surface area contributed by atoms with Crippen LogP contribution in [0.1, 0.15) is 11.1 Å². The monoisotopic (exact) mass is 381 g/mol. The number of anilines is 2. The molecule has 0 unspecified atom stereocenters. The third-order valence-corrected chi connectivity index (χ3v) is 4.10. The zero-order valence-corrected chi connectivity index (χ0v) is 14.8. The first-order chi connectivity index (χ1) is 12.5. The number of hydrogen-bond acceptors (Lipinski definition) is 5. The quantitative estimate of drug-likeness (QED) is 0.500. The van der Waals surface area contributed by atoms with Gasteiger partial charge >= 0.3 is 0 Å². The number of benzene rings is 2. The van der Waals surface area contributed by atoms with Crippen molar-refractivity contribution in [1.82, 2.24) is 4.98 Å². The maximum absolute atomic E-state index is 12.4. The Kier molecular flexibility index (Phi) is 4.70. The number of halogens is 1. The van der Waals surface area contributed by atoms with Gasteiger partial charge in [0.1, 0.15) is 10.9 Å². The summed E-state index contributed by atoms with van der Waals surface area (Å²) < 4.78 is 0. The number of H-pyrrole nitrogens is 1. The third-order valence-electron chi connectivity index (χ3n) is 4.10. The van der Waals surface area contributed by atoms with Crippen molar-refractivity contribution in [2.45, 2.75) is 0 Å². The van der Waals surface area contributed by atoms with Gasteiger partial charge in [0.15, 0.2) is 5.84 Å². The molecule has 3 aromatic rings. The lowest BCUT2D eigenvalue weighted by atomic mass is 10.1. The molecule has 1 aliphatic rings. The van der Waals surface area contributed by atoms with E-state index in [0.717, 1.165) is 5.56 Å². The van der Waals surface area contributed by atoms with Crippen molar-refractivity contribution in [3.63, 3.8) is 0 Å². The minimum absolute atomic E-state index is 0. The van der Waals surface area contributed by atoms with Crippen molar-refractivity contribution in [2.24, 2.45) is 5.10 Å². The molecule has 0 saturated carbocycles. The van der Waals surface area contributed by atoms with E-state index in [-0.39, 0.29) is 40.3 Å². The van der Waals surface area contributed by atoms with Crippen LogP contribution in [0.3, 0.4) is 0 Å². The summed E-state index contributed by atoms with van der Waals surface area (Å²) in [4.78, 5) is 14.8. The van der Waals surface area contributed by atoms with Gasteiger partial charge < -0.3 is 10.8 Å². The molecule has 7 nitrogen and oxygen atoms in total. The topological polar surface area (TPSA) is 119 Å². The largest absolute Gasteiger partial charge is 0.494 e. The summed E-state index contributed by atoms with van der Waals surface area (Å²) in [7, 11) is 0.